The molecule has 0 spiro atoms. The number of amides is 1. The number of aromatic hydroxyl groups is 1. The molecule has 1 amide bonds. The molecule has 28 heavy (non-hydrogen) atoms. The van der Waals surface area contributed by atoms with Gasteiger partial charge in [-0.15, -0.1) is 6.58 Å². The number of hydrogen-bond acceptors (Lipinski definition) is 3. The highest BCUT2D eigenvalue weighted by molar-refractivity contribution is 6.02. The number of aromatic nitrogens is 1. The van der Waals surface area contributed by atoms with Gasteiger partial charge in [-0.2, -0.15) is 0 Å². The van der Waals surface area contributed by atoms with Gasteiger partial charge in [-0.25, -0.2) is 0 Å². The molecule has 0 saturated carbocycles. The fourth-order valence-corrected chi connectivity index (χ4v) is 3.56. The number of allylic oxidation sites excluding steroid dienone is 1. The molecule has 2 aromatic rings. The second-order valence-corrected chi connectivity index (χ2v) is 6.87. The summed E-state index contributed by atoms with van der Waals surface area (Å²) in [6, 6.07) is 6.98. The fourth-order valence-electron chi connectivity index (χ4n) is 3.56. The maximum absolute atomic E-state index is 12.9. The quantitative estimate of drug-likeness (QED) is 0.489. The van der Waals surface area contributed by atoms with Crippen molar-refractivity contribution >= 4 is 16.8 Å². The van der Waals surface area contributed by atoms with Gasteiger partial charge in [0.25, 0.3) is 11.5 Å². The highest BCUT2D eigenvalue weighted by Crippen LogP contribution is 2.26. The van der Waals surface area contributed by atoms with Gasteiger partial charge in [-0.1, -0.05) is 24.8 Å². The summed E-state index contributed by atoms with van der Waals surface area (Å²) in [6.07, 6.45) is 3.48. The number of nitrogens with one attached hydrogen (secondary N) is 1. The largest absolute Gasteiger partial charge is 0.506 e. The maximum Gasteiger partial charge on any atom is 0.268 e. The lowest BCUT2D eigenvalue weighted by molar-refractivity contribution is -0.918. The summed E-state index contributed by atoms with van der Waals surface area (Å²) in [5, 5.41) is 13.9. The number of fused-ring (bicyclic) bond motifs is 1. The van der Waals surface area contributed by atoms with Crippen LogP contribution in [0.5, 0.6) is 5.75 Å². The molecular weight excluding hydrogens is 354 g/mol. The number of para-hydroxylation sites is 1. The Hall–Kier alpha value is -2.86. The van der Waals surface area contributed by atoms with Crippen molar-refractivity contribution in [3.05, 3.63) is 65.5 Å². The van der Waals surface area contributed by atoms with Crippen molar-refractivity contribution in [2.24, 2.45) is 0 Å². The molecule has 0 saturated heterocycles. The predicted molar refractivity (Wildman–Crippen MR) is 114 cm³/mol. The molecule has 6 heteroatoms. The minimum atomic E-state index is -0.560. The molecular formula is C22H30N3O3+. The van der Waals surface area contributed by atoms with Crippen molar-refractivity contribution in [1.82, 2.24) is 9.88 Å². The molecule has 0 aliphatic rings. The zero-order chi connectivity index (χ0) is 20.7. The molecule has 1 aromatic carbocycles. The predicted octanol–water partition coefficient (Wildman–Crippen LogP) is 2.67. The van der Waals surface area contributed by atoms with E-state index in [0.717, 1.165) is 30.7 Å². The Bertz CT molecular complexity index is 927. The van der Waals surface area contributed by atoms with Crippen LogP contribution in [0.15, 0.2) is 54.4 Å². The van der Waals surface area contributed by atoms with Crippen molar-refractivity contribution in [2.75, 3.05) is 32.7 Å². The van der Waals surface area contributed by atoms with Crippen LogP contribution in [0.2, 0.25) is 0 Å². The summed E-state index contributed by atoms with van der Waals surface area (Å²) < 4.78 is 2.25. The molecule has 0 bridgehead atoms. The molecule has 0 atom stereocenters. The molecule has 2 rings (SSSR count). The van der Waals surface area contributed by atoms with E-state index in [-0.39, 0.29) is 17.9 Å². The van der Waals surface area contributed by atoms with Crippen molar-refractivity contribution in [2.45, 2.75) is 20.4 Å². The van der Waals surface area contributed by atoms with E-state index in [9.17, 15) is 14.7 Å². The first-order valence-corrected chi connectivity index (χ1v) is 9.64. The Morgan fingerprint density at radius 1 is 1.21 bits per heavy atom. The van der Waals surface area contributed by atoms with Crippen LogP contribution >= 0.6 is 0 Å². The van der Waals surface area contributed by atoms with E-state index in [0.29, 0.717) is 17.4 Å². The summed E-state index contributed by atoms with van der Waals surface area (Å²) in [4.78, 5) is 25.7. The first-order valence-electron chi connectivity index (χ1n) is 9.64. The lowest BCUT2D eigenvalue weighted by Crippen LogP contribution is -2.52. The van der Waals surface area contributed by atoms with E-state index in [1.165, 1.54) is 4.57 Å². The second kappa shape index (κ2) is 9.37. The Morgan fingerprint density at radius 2 is 1.89 bits per heavy atom. The number of hydrogen-bond donors (Lipinski definition) is 2. The Balaban J connectivity index is 2.34. The van der Waals surface area contributed by atoms with Gasteiger partial charge in [-0.3, -0.25) is 9.59 Å². The van der Waals surface area contributed by atoms with Gasteiger partial charge in [0.15, 0.2) is 0 Å². The van der Waals surface area contributed by atoms with E-state index in [4.69, 9.17) is 0 Å². The van der Waals surface area contributed by atoms with Crippen molar-refractivity contribution in [3.8, 4) is 5.75 Å². The van der Waals surface area contributed by atoms with Crippen LogP contribution in [0, 0.1) is 0 Å². The van der Waals surface area contributed by atoms with Crippen LogP contribution in [0.3, 0.4) is 0 Å². The van der Waals surface area contributed by atoms with Gasteiger partial charge in [0.1, 0.15) is 11.3 Å². The number of pyridine rings is 1. The summed E-state index contributed by atoms with van der Waals surface area (Å²) in [5.41, 5.74) is -0.179. The third-order valence-corrected chi connectivity index (χ3v) is 5.41. The molecule has 0 radical (unpaired) electrons. The molecule has 0 unspecified atom stereocenters. The zero-order valence-corrected chi connectivity index (χ0v) is 16.8. The Morgan fingerprint density at radius 3 is 2.50 bits per heavy atom. The first-order chi connectivity index (χ1) is 13.4. The third-order valence-electron chi connectivity index (χ3n) is 5.41. The van der Waals surface area contributed by atoms with E-state index >= 15 is 0 Å². The third kappa shape index (κ3) is 4.17. The lowest BCUT2D eigenvalue weighted by atomic mass is 10.1. The molecule has 0 fully saturated rings. The Labute approximate surface area is 166 Å². The zero-order valence-electron chi connectivity index (χ0n) is 16.8. The SMILES string of the molecule is C=CCn1c(=O)c(C(=O)NCC[N+](CC)(CC)CC=C)c(O)c2ccccc21. The second-order valence-electron chi connectivity index (χ2n) is 6.87. The monoisotopic (exact) mass is 384 g/mol. The molecule has 150 valence electrons. The molecule has 6 nitrogen and oxygen atoms in total. The molecule has 1 heterocycles. The minimum Gasteiger partial charge on any atom is -0.506 e. The summed E-state index contributed by atoms with van der Waals surface area (Å²) in [7, 11) is 0. The van der Waals surface area contributed by atoms with E-state index in [2.05, 4.69) is 32.3 Å². The van der Waals surface area contributed by atoms with Gasteiger partial charge >= 0.3 is 0 Å². The topological polar surface area (TPSA) is 71.3 Å². The molecule has 0 aliphatic carbocycles. The van der Waals surface area contributed by atoms with Crippen LogP contribution in [-0.4, -0.2) is 52.8 Å². The number of rotatable bonds is 10. The van der Waals surface area contributed by atoms with Crippen molar-refractivity contribution in [3.63, 3.8) is 0 Å². The van der Waals surface area contributed by atoms with Crippen molar-refractivity contribution < 1.29 is 14.4 Å². The standard InChI is InChI=1S/C22H29N3O3/c1-5-14-24-18-12-10-9-11-17(18)20(26)19(22(24)28)21(27)23-13-16-25(7-3,8-4)15-6-2/h5-6,9-12H,1-2,7-8,13-16H2,3-4H3,(H-,23,26,27,28)/p+1. The fraction of sp³-hybridized carbons (Fsp3) is 0.364. The highest BCUT2D eigenvalue weighted by atomic mass is 16.3. The van der Waals surface area contributed by atoms with E-state index in [1.54, 1.807) is 30.3 Å². The van der Waals surface area contributed by atoms with Crippen LogP contribution in [0.1, 0.15) is 24.2 Å². The molecule has 2 N–H and O–H groups in total. The summed E-state index contributed by atoms with van der Waals surface area (Å²) >= 11 is 0. The molecule has 0 aliphatic heterocycles. The van der Waals surface area contributed by atoms with Crippen LogP contribution in [0.25, 0.3) is 10.9 Å². The lowest BCUT2D eigenvalue weighted by Gasteiger charge is -2.35. The van der Waals surface area contributed by atoms with Crippen molar-refractivity contribution in [1.29, 1.82) is 0 Å². The normalized spacial score (nSPS) is 11.4. The molecule has 1 aromatic heterocycles. The maximum atomic E-state index is 12.9. The number of carbonyl (C=O) groups is 1. The number of nitrogens with zero attached hydrogens (tertiary/aromatic N) is 2. The van der Waals surface area contributed by atoms with Crippen LogP contribution in [0.4, 0.5) is 0 Å². The highest BCUT2D eigenvalue weighted by Gasteiger charge is 2.24. The van der Waals surface area contributed by atoms with Gasteiger partial charge in [-0.05, 0) is 32.1 Å². The Kier molecular flexibility index (Phi) is 7.18. The number of likely N-dealkylation sites (N-methyl/N-ethyl adjacent to an activating group) is 1. The van der Waals surface area contributed by atoms with Gasteiger partial charge in [0.2, 0.25) is 0 Å². The first kappa shape index (κ1) is 21.4. The van der Waals surface area contributed by atoms with E-state index in [1.807, 2.05) is 6.08 Å². The number of benzene rings is 1. The van der Waals surface area contributed by atoms with Crippen LogP contribution < -0.4 is 10.9 Å². The van der Waals surface area contributed by atoms with Gasteiger partial charge in [0, 0.05) is 11.9 Å². The summed E-state index contributed by atoms with van der Waals surface area (Å²) in [6.45, 7) is 15.8. The van der Waals surface area contributed by atoms with Gasteiger partial charge < -0.3 is 19.5 Å². The number of quaternary nitrogens is 1. The van der Waals surface area contributed by atoms with E-state index < -0.39 is 11.5 Å². The average molecular weight is 385 g/mol. The summed E-state index contributed by atoms with van der Waals surface area (Å²) in [5.74, 6) is -0.841. The minimum absolute atomic E-state index is 0.227. The average Bonchev–Trinajstić information content (AvgIpc) is 2.70. The number of carbonyl (C=O) groups excluding carboxylic acids is 1. The smallest absolute Gasteiger partial charge is 0.268 e. The van der Waals surface area contributed by atoms with Gasteiger partial charge in [0.05, 0.1) is 38.2 Å². The van der Waals surface area contributed by atoms with Crippen LogP contribution in [-0.2, 0) is 6.54 Å².